The molecule has 0 aromatic carbocycles. The maximum Gasteiger partial charge on any atom is 0.171 e. The van der Waals surface area contributed by atoms with E-state index in [0.29, 0.717) is 6.73 Å². The van der Waals surface area contributed by atoms with Crippen LogP contribution in [0.1, 0.15) is 36.3 Å². The molecule has 0 unspecified atom stereocenters. The number of aryl methyl sites for hydroxylation is 1. The van der Waals surface area contributed by atoms with Crippen LogP contribution in [0, 0.1) is 5.41 Å². The number of nitrogens with zero attached hydrogens (tertiary/aromatic N) is 2. The van der Waals surface area contributed by atoms with Gasteiger partial charge >= 0.3 is 0 Å². The van der Waals surface area contributed by atoms with E-state index in [0.717, 1.165) is 36.8 Å². The van der Waals surface area contributed by atoms with Crippen LogP contribution in [0.15, 0.2) is 6.20 Å². The molecule has 0 spiro atoms. The Morgan fingerprint density at radius 2 is 2.10 bits per heavy atom. The summed E-state index contributed by atoms with van der Waals surface area (Å²) in [6.45, 7) is 12.3. The van der Waals surface area contributed by atoms with Gasteiger partial charge in [-0.2, -0.15) is 5.10 Å². The van der Waals surface area contributed by atoms with Crippen molar-refractivity contribution in [1.82, 2.24) is 9.78 Å². The largest absolute Gasteiger partial charge is 0.360 e. The average molecular weight is 294 g/mol. The highest BCUT2D eigenvalue weighted by molar-refractivity contribution is 6.76. The Morgan fingerprint density at radius 3 is 2.75 bits per heavy atom. The van der Waals surface area contributed by atoms with E-state index in [-0.39, 0.29) is 11.2 Å². The Kier molecular flexibility index (Phi) is 4.21. The van der Waals surface area contributed by atoms with E-state index in [1.165, 1.54) is 0 Å². The maximum atomic E-state index is 12.3. The molecule has 0 radical (unpaired) electrons. The van der Waals surface area contributed by atoms with Crippen LogP contribution in [0.4, 0.5) is 0 Å². The minimum Gasteiger partial charge on any atom is -0.360 e. The van der Waals surface area contributed by atoms with Gasteiger partial charge in [0.1, 0.15) is 6.73 Å². The Balaban J connectivity index is 1.95. The van der Waals surface area contributed by atoms with Crippen molar-refractivity contribution in [3.63, 3.8) is 0 Å². The minimum absolute atomic E-state index is 0.215. The summed E-state index contributed by atoms with van der Waals surface area (Å²) >= 11 is 0. The van der Waals surface area contributed by atoms with Gasteiger partial charge in [0, 0.05) is 26.3 Å². The smallest absolute Gasteiger partial charge is 0.171 e. The number of hydrogen-bond donors (Lipinski definition) is 0. The number of carbonyl (C=O) groups is 1. The zero-order chi connectivity index (χ0) is 15.0. The van der Waals surface area contributed by atoms with Crippen molar-refractivity contribution in [1.29, 1.82) is 0 Å². The van der Waals surface area contributed by atoms with Gasteiger partial charge in [-0.3, -0.25) is 4.79 Å². The first-order valence-electron chi connectivity index (χ1n) is 7.38. The zero-order valence-corrected chi connectivity index (χ0v) is 14.3. The molecule has 1 heterocycles. The van der Waals surface area contributed by atoms with Crippen molar-refractivity contribution < 1.29 is 9.53 Å². The molecule has 0 amide bonds. The third kappa shape index (κ3) is 3.58. The Labute approximate surface area is 122 Å². The standard InChI is InChI=1S/C15H26N2O2Si/c1-15(2)7-6-13-12(14(15)18)10-17(16-13)11-19-8-9-20(3,4)5/h10H,6-9,11H2,1-5H3. The molecule has 0 aliphatic heterocycles. The lowest BCUT2D eigenvalue weighted by molar-refractivity contribution is 0.0782. The van der Waals surface area contributed by atoms with E-state index in [2.05, 4.69) is 24.7 Å². The van der Waals surface area contributed by atoms with Crippen molar-refractivity contribution >= 4 is 13.9 Å². The van der Waals surface area contributed by atoms with Crippen LogP contribution in [0.2, 0.25) is 25.7 Å². The molecule has 4 nitrogen and oxygen atoms in total. The number of ketones is 1. The third-order valence-electron chi connectivity index (χ3n) is 3.90. The summed E-state index contributed by atoms with van der Waals surface area (Å²) in [4.78, 5) is 12.3. The normalized spacial score (nSPS) is 18.1. The van der Waals surface area contributed by atoms with E-state index in [9.17, 15) is 4.79 Å². The summed E-state index contributed by atoms with van der Waals surface area (Å²) in [5.41, 5.74) is 1.47. The van der Waals surface area contributed by atoms with Crippen LogP contribution in [0.5, 0.6) is 0 Å². The topological polar surface area (TPSA) is 44.1 Å². The molecule has 0 saturated heterocycles. The lowest BCUT2D eigenvalue weighted by Crippen LogP contribution is -2.29. The van der Waals surface area contributed by atoms with Crippen LogP contribution >= 0.6 is 0 Å². The number of fused-ring (bicyclic) bond motifs is 1. The number of hydrogen-bond acceptors (Lipinski definition) is 3. The number of carbonyl (C=O) groups excluding carboxylic acids is 1. The van der Waals surface area contributed by atoms with Crippen LogP contribution in [-0.4, -0.2) is 30.2 Å². The van der Waals surface area contributed by atoms with Crippen molar-refractivity contribution in [3.8, 4) is 0 Å². The first kappa shape index (κ1) is 15.4. The monoisotopic (exact) mass is 294 g/mol. The number of ether oxygens (including phenoxy) is 1. The zero-order valence-electron chi connectivity index (χ0n) is 13.3. The van der Waals surface area contributed by atoms with Crippen LogP contribution in [0.25, 0.3) is 0 Å². The summed E-state index contributed by atoms with van der Waals surface area (Å²) < 4.78 is 7.46. The van der Waals surface area contributed by atoms with Gasteiger partial charge in [-0.1, -0.05) is 33.5 Å². The molecule has 112 valence electrons. The van der Waals surface area contributed by atoms with Gasteiger partial charge in [0.15, 0.2) is 5.78 Å². The molecule has 0 saturated carbocycles. The van der Waals surface area contributed by atoms with Crippen LogP contribution in [0.3, 0.4) is 0 Å². The van der Waals surface area contributed by atoms with Crippen LogP contribution < -0.4 is 0 Å². The van der Waals surface area contributed by atoms with Crippen molar-refractivity contribution in [2.75, 3.05) is 6.61 Å². The molecule has 0 fully saturated rings. The SMILES string of the molecule is CC1(C)CCc2nn(COCC[Si](C)(C)C)cc2C1=O. The fourth-order valence-electron chi connectivity index (χ4n) is 2.35. The van der Waals surface area contributed by atoms with Gasteiger partial charge < -0.3 is 4.74 Å². The highest BCUT2D eigenvalue weighted by atomic mass is 28.3. The van der Waals surface area contributed by atoms with Gasteiger partial charge in [-0.25, -0.2) is 4.68 Å². The lowest BCUT2D eigenvalue weighted by Gasteiger charge is -2.26. The van der Waals surface area contributed by atoms with Gasteiger partial charge in [0.25, 0.3) is 0 Å². The first-order valence-corrected chi connectivity index (χ1v) is 11.1. The predicted octanol–water partition coefficient (Wildman–Crippen LogP) is 3.35. The van der Waals surface area contributed by atoms with E-state index < -0.39 is 8.07 Å². The van der Waals surface area contributed by atoms with Gasteiger partial charge in [0.2, 0.25) is 0 Å². The third-order valence-corrected chi connectivity index (χ3v) is 5.61. The molecule has 0 N–H and O–H groups in total. The second-order valence-electron chi connectivity index (χ2n) is 7.59. The minimum atomic E-state index is -1.04. The van der Waals surface area contributed by atoms with Gasteiger partial charge in [-0.05, 0) is 18.9 Å². The molecule has 1 aliphatic rings. The van der Waals surface area contributed by atoms with Crippen LogP contribution in [-0.2, 0) is 17.9 Å². The van der Waals surface area contributed by atoms with Crippen molar-refractivity contribution in [2.24, 2.45) is 5.41 Å². The number of rotatable bonds is 5. The maximum absolute atomic E-state index is 12.3. The van der Waals surface area contributed by atoms with Gasteiger partial charge in [-0.15, -0.1) is 0 Å². The molecular formula is C15H26N2O2Si. The second-order valence-corrected chi connectivity index (χ2v) is 13.2. The van der Waals surface area contributed by atoms with E-state index in [1.807, 2.05) is 20.0 Å². The summed E-state index contributed by atoms with van der Waals surface area (Å²) in [6.07, 6.45) is 3.62. The van der Waals surface area contributed by atoms with E-state index in [1.54, 1.807) is 4.68 Å². The Hall–Kier alpha value is -0.943. The average Bonchev–Trinajstić information content (AvgIpc) is 2.73. The first-order chi connectivity index (χ1) is 9.19. The van der Waals surface area contributed by atoms with Crippen molar-refractivity contribution in [2.45, 2.75) is 59.1 Å². The molecule has 1 aromatic rings. The number of aromatic nitrogens is 2. The molecule has 20 heavy (non-hydrogen) atoms. The highest BCUT2D eigenvalue weighted by Crippen LogP contribution is 2.33. The molecule has 1 aliphatic carbocycles. The van der Waals surface area contributed by atoms with Gasteiger partial charge in [0.05, 0.1) is 11.3 Å². The second kappa shape index (κ2) is 5.45. The summed E-state index contributed by atoms with van der Waals surface area (Å²) in [6, 6.07) is 1.15. The van der Waals surface area contributed by atoms with Crippen molar-refractivity contribution in [3.05, 3.63) is 17.5 Å². The summed E-state index contributed by atoms with van der Waals surface area (Å²) in [5.74, 6) is 0.215. The lowest BCUT2D eigenvalue weighted by atomic mass is 9.75. The Morgan fingerprint density at radius 1 is 1.40 bits per heavy atom. The quantitative estimate of drug-likeness (QED) is 0.618. The van der Waals surface area contributed by atoms with E-state index in [4.69, 9.17) is 4.74 Å². The predicted molar refractivity (Wildman–Crippen MR) is 82.8 cm³/mol. The molecular weight excluding hydrogens is 268 g/mol. The summed E-state index contributed by atoms with van der Waals surface area (Å²) in [5, 5.41) is 4.48. The molecule has 5 heteroatoms. The fourth-order valence-corrected chi connectivity index (χ4v) is 3.10. The molecule has 2 rings (SSSR count). The number of Topliss-reactive ketones (excluding diaryl/α,β-unsaturated/α-hetero) is 1. The molecule has 0 bridgehead atoms. The highest BCUT2D eigenvalue weighted by Gasteiger charge is 2.36. The Bertz CT molecular complexity index is 500. The fraction of sp³-hybridized carbons (Fsp3) is 0.733. The molecule has 0 atom stereocenters. The van der Waals surface area contributed by atoms with E-state index >= 15 is 0 Å². The summed E-state index contributed by atoms with van der Waals surface area (Å²) in [7, 11) is -1.04. The molecule has 1 aromatic heterocycles.